The van der Waals surface area contributed by atoms with Crippen LogP contribution < -0.4 is 5.73 Å². The molecule has 146 valence electrons. The Bertz CT molecular complexity index is 960. The summed E-state index contributed by atoms with van der Waals surface area (Å²) in [6.07, 6.45) is 1.56. The first kappa shape index (κ1) is 19.9. The van der Waals surface area contributed by atoms with E-state index in [9.17, 15) is 9.59 Å². The van der Waals surface area contributed by atoms with Crippen LogP contribution in [0, 0.1) is 6.92 Å². The zero-order chi connectivity index (χ0) is 20.1. The lowest BCUT2D eigenvalue weighted by atomic mass is 10.0. The second kappa shape index (κ2) is 8.89. The topological polar surface area (TPSA) is 74.3 Å². The van der Waals surface area contributed by atoms with Gasteiger partial charge >= 0.3 is 5.97 Å². The van der Waals surface area contributed by atoms with Crippen LogP contribution in [0.15, 0.2) is 47.8 Å². The number of rotatable bonds is 8. The lowest BCUT2D eigenvalue weighted by Crippen LogP contribution is -2.13. The maximum absolute atomic E-state index is 12.3. The summed E-state index contributed by atoms with van der Waals surface area (Å²) in [5, 5.41) is 1.97. The highest BCUT2D eigenvalue weighted by Crippen LogP contribution is 2.36. The molecule has 0 unspecified atom stereocenters. The molecule has 2 N–H and O–H groups in total. The van der Waals surface area contributed by atoms with Gasteiger partial charge < -0.3 is 15.0 Å². The van der Waals surface area contributed by atoms with Crippen molar-refractivity contribution < 1.29 is 14.3 Å². The monoisotopic (exact) mass is 396 g/mol. The number of carbonyl (C=O) groups is 2. The van der Waals surface area contributed by atoms with Crippen LogP contribution in [0.4, 0.5) is 0 Å². The molecule has 0 saturated heterocycles. The third-order valence-electron chi connectivity index (χ3n) is 4.91. The second-order valence-electron chi connectivity index (χ2n) is 6.59. The van der Waals surface area contributed by atoms with E-state index in [1.54, 1.807) is 11.3 Å². The molecule has 2 aromatic heterocycles. The molecule has 3 rings (SSSR count). The summed E-state index contributed by atoms with van der Waals surface area (Å²) in [6.45, 7) is 2.63. The Kier molecular flexibility index (Phi) is 6.31. The predicted octanol–water partition coefficient (Wildman–Crippen LogP) is 3.97. The molecule has 1 aromatic carbocycles. The van der Waals surface area contributed by atoms with Crippen molar-refractivity contribution >= 4 is 23.2 Å². The first-order chi connectivity index (χ1) is 13.5. The molecule has 2 heterocycles. The summed E-state index contributed by atoms with van der Waals surface area (Å²) in [7, 11) is 1.39. The Labute approximate surface area is 168 Å². The number of ether oxygens (including phenoxy) is 1. The molecule has 0 aliphatic rings. The predicted molar refractivity (Wildman–Crippen MR) is 111 cm³/mol. The Morgan fingerprint density at radius 2 is 1.86 bits per heavy atom. The number of esters is 1. The summed E-state index contributed by atoms with van der Waals surface area (Å²) in [4.78, 5) is 25.1. The van der Waals surface area contributed by atoms with Gasteiger partial charge in [0.2, 0.25) is 0 Å². The van der Waals surface area contributed by atoms with E-state index >= 15 is 0 Å². The third-order valence-corrected chi connectivity index (χ3v) is 5.79. The van der Waals surface area contributed by atoms with Crippen LogP contribution in [0.3, 0.4) is 0 Å². The SMILES string of the molecule is COC(=O)CCc1c(-c2cccs2)c(C(N)=O)c(C)n1CCc1ccccc1. The van der Waals surface area contributed by atoms with Gasteiger partial charge in [-0.3, -0.25) is 9.59 Å². The van der Waals surface area contributed by atoms with Crippen molar-refractivity contribution in [2.75, 3.05) is 7.11 Å². The molecule has 0 aliphatic heterocycles. The number of hydrogen-bond acceptors (Lipinski definition) is 4. The highest BCUT2D eigenvalue weighted by molar-refractivity contribution is 7.13. The van der Waals surface area contributed by atoms with Crippen molar-refractivity contribution in [3.05, 3.63) is 70.4 Å². The summed E-state index contributed by atoms with van der Waals surface area (Å²) in [5.74, 6) is -0.718. The van der Waals surface area contributed by atoms with Gasteiger partial charge in [-0.1, -0.05) is 36.4 Å². The zero-order valence-electron chi connectivity index (χ0n) is 16.1. The number of benzene rings is 1. The summed E-state index contributed by atoms with van der Waals surface area (Å²) in [5.41, 5.74) is 10.1. The van der Waals surface area contributed by atoms with Crippen LogP contribution in [0.25, 0.3) is 10.4 Å². The second-order valence-corrected chi connectivity index (χ2v) is 7.53. The van der Waals surface area contributed by atoms with Crippen LogP contribution >= 0.6 is 11.3 Å². The van der Waals surface area contributed by atoms with Crippen molar-refractivity contribution in [3.63, 3.8) is 0 Å². The van der Waals surface area contributed by atoms with E-state index in [1.807, 2.05) is 42.6 Å². The minimum absolute atomic E-state index is 0.252. The fourth-order valence-corrected chi connectivity index (χ4v) is 4.35. The van der Waals surface area contributed by atoms with Gasteiger partial charge in [0.25, 0.3) is 5.91 Å². The highest BCUT2D eigenvalue weighted by atomic mass is 32.1. The van der Waals surface area contributed by atoms with Gasteiger partial charge in [0.05, 0.1) is 19.1 Å². The van der Waals surface area contributed by atoms with Crippen molar-refractivity contribution in [1.82, 2.24) is 4.57 Å². The quantitative estimate of drug-likeness (QED) is 0.586. The minimum atomic E-state index is -0.446. The van der Waals surface area contributed by atoms with Gasteiger partial charge in [-0.2, -0.15) is 0 Å². The molecule has 6 heteroatoms. The Morgan fingerprint density at radius 1 is 1.11 bits per heavy atom. The number of aromatic nitrogens is 1. The minimum Gasteiger partial charge on any atom is -0.469 e. The van der Waals surface area contributed by atoms with Gasteiger partial charge in [0.15, 0.2) is 0 Å². The number of nitrogens with zero attached hydrogens (tertiary/aromatic N) is 1. The van der Waals surface area contributed by atoms with E-state index in [-0.39, 0.29) is 12.4 Å². The summed E-state index contributed by atoms with van der Waals surface area (Å²) < 4.78 is 6.95. The van der Waals surface area contributed by atoms with E-state index in [2.05, 4.69) is 16.7 Å². The molecule has 1 amide bonds. The van der Waals surface area contributed by atoms with Gasteiger partial charge in [0.1, 0.15) is 0 Å². The van der Waals surface area contributed by atoms with E-state index in [0.29, 0.717) is 18.5 Å². The zero-order valence-corrected chi connectivity index (χ0v) is 16.9. The fourth-order valence-electron chi connectivity index (χ4n) is 3.56. The number of nitrogens with two attached hydrogens (primary N) is 1. The van der Waals surface area contributed by atoms with Crippen LogP contribution in [0.1, 0.15) is 33.7 Å². The molecule has 5 nitrogen and oxygen atoms in total. The van der Waals surface area contributed by atoms with Crippen LogP contribution in [-0.2, 0) is 28.9 Å². The number of methoxy groups -OCH3 is 1. The molecule has 3 aromatic rings. The van der Waals surface area contributed by atoms with Crippen molar-refractivity contribution in [3.8, 4) is 10.4 Å². The first-order valence-corrected chi connectivity index (χ1v) is 10.1. The van der Waals surface area contributed by atoms with Crippen LogP contribution in [0.5, 0.6) is 0 Å². The summed E-state index contributed by atoms with van der Waals surface area (Å²) in [6, 6.07) is 14.1. The standard InChI is InChI=1S/C22H24N2O3S/c1-15-20(22(23)26)21(18-9-6-14-28-18)17(10-11-19(25)27-2)24(15)13-12-16-7-4-3-5-8-16/h3-9,14H,10-13H2,1-2H3,(H2,23,26). The first-order valence-electron chi connectivity index (χ1n) is 9.19. The van der Waals surface area contributed by atoms with E-state index in [0.717, 1.165) is 28.2 Å². The molecule has 0 bridgehead atoms. The largest absolute Gasteiger partial charge is 0.469 e. The Balaban J connectivity index is 2.06. The third kappa shape index (κ3) is 4.17. The molecule has 0 fully saturated rings. The van der Waals surface area contributed by atoms with Gasteiger partial charge in [-0.05, 0) is 36.8 Å². The number of amides is 1. The molecule has 28 heavy (non-hydrogen) atoms. The molecule has 0 saturated carbocycles. The highest BCUT2D eigenvalue weighted by Gasteiger charge is 2.25. The lowest BCUT2D eigenvalue weighted by molar-refractivity contribution is -0.140. The average molecular weight is 397 g/mol. The van der Waals surface area contributed by atoms with Crippen LogP contribution in [0.2, 0.25) is 0 Å². The average Bonchev–Trinajstić information content (AvgIpc) is 3.31. The fraction of sp³-hybridized carbons (Fsp3) is 0.273. The number of aryl methyl sites for hydroxylation is 1. The number of primary amides is 1. The van der Waals surface area contributed by atoms with Gasteiger partial charge in [0, 0.05) is 28.4 Å². The van der Waals surface area contributed by atoms with E-state index in [1.165, 1.54) is 12.7 Å². The molecular formula is C22H24N2O3S. The number of carbonyl (C=O) groups excluding carboxylic acids is 2. The molecule has 0 aliphatic carbocycles. The number of hydrogen-bond donors (Lipinski definition) is 1. The Morgan fingerprint density at radius 3 is 2.46 bits per heavy atom. The number of thiophene rings is 1. The van der Waals surface area contributed by atoms with Crippen molar-refractivity contribution in [2.24, 2.45) is 5.73 Å². The van der Waals surface area contributed by atoms with Crippen molar-refractivity contribution in [1.29, 1.82) is 0 Å². The van der Waals surface area contributed by atoms with E-state index in [4.69, 9.17) is 10.5 Å². The van der Waals surface area contributed by atoms with Crippen molar-refractivity contribution in [2.45, 2.75) is 32.7 Å². The summed E-state index contributed by atoms with van der Waals surface area (Å²) >= 11 is 1.56. The molecule has 0 radical (unpaired) electrons. The molecule has 0 spiro atoms. The van der Waals surface area contributed by atoms with Crippen LogP contribution in [-0.4, -0.2) is 23.6 Å². The molecular weight excluding hydrogens is 372 g/mol. The smallest absolute Gasteiger partial charge is 0.305 e. The molecule has 0 atom stereocenters. The maximum Gasteiger partial charge on any atom is 0.305 e. The normalized spacial score (nSPS) is 10.8. The maximum atomic E-state index is 12.3. The van der Waals surface area contributed by atoms with Gasteiger partial charge in [-0.25, -0.2) is 0 Å². The van der Waals surface area contributed by atoms with Gasteiger partial charge in [-0.15, -0.1) is 11.3 Å². The Hall–Kier alpha value is -2.86. The van der Waals surface area contributed by atoms with E-state index < -0.39 is 5.91 Å². The lowest BCUT2D eigenvalue weighted by Gasteiger charge is -2.13.